The maximum absolute atomic E-state index is 12.0. The zero-order valence-electron chi connectivity index (χ0n) is 9.91. The minimum Gasteiger partial charge on any atom is -0.323 e. The summed E-state index contributed by atoms with van der Waals surface area (Å²) < 4.78 is 0. The molecule has 0 saturated carbocycles. The van der Waals surface area contributed by atoms with Crippen molar-refractivity contribution in [2.24, 2.45) is 11.7 Å². The second-order valence-electron chi connectivity index (χ2n) is 3.96. The highest BCUT2D eigenvalue weighted by atomic mass is 32.1. The zero-order chi connectivity index (χ0) is 13.0. The Labute approximate surface area is 109 Å². The molecule has 0 fully saturated rings. The van der Waals surface area contributed by atoms with Crippen LogP contribution >= 0.6 is 11.3 Å². The summed E-state index contributed by atoms with van der Waals surface area (Å²) in [6.45, 7) is 1.80. The molecule has 1 aromatic heterocycles. The molecule has 2 rings (SSSR count). The number of amides is 1. The fraction of sp³-hybridized carbons (Fsp3) is 0.250. The van der Waals surface area contributed by atoms with Gasteiger partial charge in [-0.05, 0) is 5.56 Å². The third kappa shape index (κ3) is 2.91. The Morgan fingerprint density at radius 3 is 2.72 bits per heavy atom. The number of rotatable bonds is 4. The first-order chi connectivity index (χ1) is 8.68. The van der Waals surface area contributed by atoms with Gasteiger partial charge in [-0.1, -0.05) is 48.6 Å². The van der Waals surface area contributed by atoms with Crippen LogP contribution in [-0.4, -0.2) is 16.1 Å². The van der Waals surface area contributed by atoms with Crippen LogP contribution in [0.4, 0.5) is 5.13 Å². The van der Waals surface area contributed by atoms with Crippen molar-refractivity contribution >= 4 is 22.4 Å². The number of hydrogen-bond acceptors (Lipinski definition) is 5. The number of aromatic nitrogens is 2. The lowest BCUT2D eigenvalue weighted by molar-refractivity contribution is -0.120. The van der Waals surface area contributed by atoms with Gasteiger partial charge in [0.1, 0.15) is 5.51 Å². The van der Waals surface area contributed by atoms with E-state index in [1.807, 2.05) is 30.3 Å². The van der Waals surface area contributed by atoms with Gasteiger partial charge >= 0.3 is 0 Å². The second kappa shape index (κ2) is 5.70. The van der Waals surface area contributed by atoms with Crippen molar-refractivity contribution in [1.29, 1.82) is 0 Å². The average molecular weight is 262 g/mol. The van der Waals surface area contributed by atoms with E-state index >= 15 is 0 Å². The standard InChI is InChI=1S/C12H14N4OS/c1-8(10(13)9-5-3-2-4-6-9)11(17)15-12-16-14-7-18-12/h2-8,10H,13H2,1H3,(H,15,16,17). The molecule has 3 N–H and O–H groups in total. The number of benzene rings is 1. The largest absolute Gasteiger partial charge is 0.323 e. The van der Waals surface area contributed by atoms with Gasteiger partial charge in [0, 0.05) is 6.04 Å². The molecule has 0 saturated heterocycles. The minimum absolute atomic E-state index is 0.150. The number of nitrogens with zero attached hydrogens (tertiary/aromatic N) is 2. The molecule has 5 nitrogen and oxygen atoms in total. The SMILES string of the molecule is CC(C(=O)Nc1nncs1)C(N)c1ccccc1. The van der Waals surface area contributed by atoms with E-state index in [0.717, 1.165) is 5.56 Å². The molecule has 1 aromatic carbocycles. The Hall–Kier alpha value is -1.79. The molecule has 18 heavy (non-hydrogen) atoms. The minimum atomic E-state index is -0.337. The number of carbonyl (C=O) groups excluding carboxylic acids is 1. The first kappa shape index (κ1) is 12.7. The Morgan fingerprint density at radius 1 is 1.39 bits per heavy atom. The highest BCUT2D eigenvalue weighted by Gasteiger charge is 2.22. The zero-order valence-corrected chi connectivity index (χ0v) is 10.7. The molecule has 0 aliphatic rings. The molecule has 0 aliphatic heterocycles. The van der Waals surface area contributed by atoms with E-state index in [-0.39, 0.29) is 17.9 Å². The van der Waals surface area contributed by atoms with E-state index in [2.05, 4.69) is 15.5 Å². The molecule has 94 valence electrons. The second-order valence-corrected chi connectivity index (χ2v) is 4.79. The van der Waals surface area contributed by atoms with Crippen LogP contribution in [0.5, 0.6) is 0 Å². The van der Waals surface area contributed by atoms with E-state index in [9.17, 15) is 4.79 Å². The van der Waals surface area contributed by atoms with Gasteiger partial charge in [0.25, 0.3) is 0 Å². The molecule has 0 spiro atoms. The topological polar surface area (TPSA) is 80.9 Å². The van der Waals surface area contributed by atoms with Crippen LogP contribution in [-0.2, 0) is 4.79 Å². The Kier molecular flexibility index (Phi) is 4.01. The Morgan fingerprint density at radius 2 is 2.11 bits per heavy atom. The fourth-order valence-electron chi connectivity index (χ4n) is 1.57. The molecule has 1 amide bonds. The van der Waals surface area contributed by atoms with Crippen molar-refractivity contribution < 1.29 is 4.79 Å². The predicted molar refractivity (Wildman–Crippen MR) is 71.1 cm³/mol. The van der Waals surface area contributed by atoms with Crippen LogP contribution in [0.2, 0.25) is 0 Å². The van der Waals surface area contributed by atoms with Crippen molar-refractivity contribution in [3.63, 3.8) is 0 Å². The number of hydrogen-bond donors (Lipinski definition) is 2. The molecule has 0 radical (unpaired) electrons. The van der Waals surface area contributed by atoms with E-state index in [1.54, 1.807) is 12.4 Å². The molecule has 0 bridgehead atoms. The molecule has 2 unspecified atom stereocenters. The lowest BCUT2D eigenvalue weighted by Crippen LogP contribution is -2.30. The van der Waals surface area contributed by atoms with E-state index in [4.69, 9.17) is 5.73 Å². The van der Waals surface area contributed by atoms with Gasteiger partial charge in [-0.25, -0.2) is 0 Å². The number of nitrogens with one attached hydrogen (secondary N) is 1. The van der Waals surface area contributed by atoms with Gasteiger partial charge in [-0.3, -0.25) is 4.79 Å². The number of anilines is 1. The quantitative estimate of drug-likeness (QED) is 0.880. The highest BCUT2D eigenvalue weighted by Crippen LogP contribution is 2.20. The van der Waals surface area contributed by atoms with Crippen molar-refractivity contribution in [2.45, 2.75) is 13.0 Å². The lowest BCUT2D eigenvalue weighted by Gasteiger charge is -2.18. The smallest absolute Gasteiger partial charge is 0.230 e. The average Bonchev–Trinajstić information content (AvgIpc) is 2.91. The summed E-state index contributed by atoms with van der Waals surface area (Å²) in [5, 5.41) is 10.6. The van der Waals surface area contributed by atoms with Gasteiger partial charge in [-0.15, -0.1) is 10.2 Å². The van der Waals surface area contributed by atoms with Crippen LogP contribution in [0, 0.1) is 5.92 Å². The molecule has 2 aromatic rings. The maximum Gasteiger partial charge on any atom is 0.230 e. The van der Waals surface area contributed by atoms with Crippen LogP contribution in [0.25, 0.3) is 0 Å². The third-order valence-corrected chi connectivity index (χ3v) is 3.33. The van der Waals surface area contributed by atoms with Crippen molar-refractivity contribution in [2.75, 3.05) is 5.32 Å². The van der Waals surface area contributed by atoms with Gasteiger partial charge < -0.3 is 11.1 Å². The monoisotopic (exact) mass is 262 g/mol. The predicted octanol–water partition coefficient (Wildman–Crippen LogP) is 1.81. The Bertz CT molecular complexity index is 500. The molecule has 2 atom stereocenters. The first-order valence-corrected chi connectivity index (χ1v) is 6.44. The molecular weight excluding hydrogens is 248 g/mol. The van der Waals surface area contributed by atoms with Crippen molar-refractivity contribution in [3.8, 4) is 0 Å². The number of carbonyl (C=O) groups is 1. The molecule has 1 heterocycles. The molecule has 0 aliphatic carbocycles. The normalized spacial score (nSPS) is 13.9. The molecule has 6 heteroatoms. The van der Waals surface area contributed by atoms with E-state index in [0.29, 0.717) is 5.13 Å². The van der Waals surface area contributed by atoms with Gasteiger partial charge in [0.15, 0.2) is 0 Å². The van der Waals surface area contributed by atoms with E-state index < -0.39 is 0 Å². The highest BCUT2D eigenvalue weighted by molar-refractivity contribution is 7.13. The summed E-state index contributed by atoms with van der Waals surface area (Å²) in [5.41, 5.74) is 8.58. The lowest BCUT2D eigenvalue weighted by atomic mass is 9.95. The van der Waals surface area contributed by atoms with Crippen molar-refractivity contribution in [3.05, 3.63) is 41.4 Å². The maximum atomic E-state index is 12.0. The summed E-state index contributed by atoms with van der Waals surface area (Å²) in [7, 11) is 0. The number of nitrogens with two attached hydrogens (primary N) is 1. The van der Waals surface area contributed by atoms with Gasteiger partial charge in [-0.2, -0.15) is 0 Å². The summed E-state index contributed by atoms with van der Waals surface area (Å²) in [6.07, 6.45) is 0. The van der Waals surface area contributed by atoms with Crippen LogP contribution in [0.15, 0.2) is 35.8 Å². The van der Waals surface area contributed by atoms with Crippen molar-refractivity contribution in [1.82, 2.24) is 10.2 Å². The molecular formula is C12H14N4OS. The summed E-state index contributed by atoms with van der Waals surface area (Å²) in [4.78, 5) is 12.0. The van der Waals surface area contributed by atoms with Gasteiger partial charge in [0.05, 0.1) is 5.92 Å². The van der Waals surface area contributed by atoms with Crippen LogP contribution < -0.4 is 11.1 Å². The van der Waals surface area contributed by atoms with Crippen LogP contribution in [0.3, 0.4) is 0 Å². The first-order valence-electron chi connectivity index (χ1n) is 5.56. The summed E-state index contributed by atoms with van der Waals surface area (Å²) in [5.74, 6) is -0.487. The third-order valence-electron chi connectivity index (χ3n) is 2.73. The van der Waals surface area contributed by atoms with Gasteiger partial charge in [0.2, 0.25) is 11.0 Å². The summed E-state index contributed by atoms with van der Waals surface area (Å²) in [6, 6.07) is 9.23. The fourth-order valence-corrected chi connectivity index (χ4v) is 2.02. The van der Waals surface area contributed by atoms with Crippen LogP contribution in [0.1, 0.15) is 18.5 Å². The summed E-state index contributed by atoms with van der Waals surface area (Å²) >= 11 is 1.28. The van der Waals surface area contributed by atoms with E-state index in [1.165, 1.54) is 11.3 Å². The Balaban J connectivity index is 2.02.